The molecule has 6 heteroatoms. The maximum atomic E-state index is 12.4. The van der Waals surface area contributed by atoms with Crippen molar-refractivity contribution in [2.24, 2.45) is 0 Å². The molecule has 0 aromatic heterocycles. The van der Waals surface area contributed by atoms with Gasteiger partial charge in [0.2, 0.25) is 0 Å². The molecule has 2 N–H and O–H groups in total. The fraction of sp³-hybridized carbons (Fsp3) is 0.300. The van der Waals surface area contributed by atoms with Crippen molar-refractivity contribution in [3.63, 3.8) is 0 Å². The second kappa shape index (κ2) is 5.12. The summed E-state index contributed by atoms with van der Waals surface area (Å²) in [6.07, 6.45) is -2.73. The highest BCUT2D eigenvalue weighted by Crippen LogP contribution is 2.33. The third kappa shape index (κ3) is 2.41. The lowest BCUT2D eigenvalue weighted by Crippen LogP contribution is -2.09. The molecule has 16 heavy (non-hydrogen) atoms. The van der Waals surface area contributed by atoms with Gasteiger partial charge in [0.15, 0.2) is 0 Å². The monoisotopic (exact) mass is 249 g/mol. The Morgan fingerprint density at radius 3 is 2.69 bits per heavy atom. The van der Waals surface area contributed by atoms with E-state index in [1.165, 1.54) is 6.07 Å². The zero-order valence-electron chi connectivity index (χ0n) is 8.47. The molecule has 1 aromatic rings. The summed E-state index contributed by atoms with van der Waals surface area (Å²) in [5.74, 6) is -0.678. The predicted octanol–water partition coefficient (Wildman–Crippen LogP) is 3.04. The second-order valence-electron chi connectivity index (χ2n) is 2.95. The first-order chi connectivity index (χ1) is 7.49. The third-order valence-electron chi connectivity index (χ3n) is 1.94. The number of rotatable bonds is 3. The molecule has 0 saturated heterocycles. The number of nitrogens with two attached hydrogens (primary N) is 1. The van der Waals surface area contributed by atoms with Crippen LogP contribution in [0.4, 0.5) is 14.5 Å². The maximum absolute atomic E-state index is 12.4. The van der Waals surface area contributed by atoms with E-state index in [0.717, 1.165) is 6.07 Å². The number of hydrogen-bond donors (Lipinski definition) is 1. The number of nitrogen functional groups attached to an aromatic ring is 1. The molecule has 0 heterocycles. The Kier molecular flexibility index (Phi) is 4.06. The number of halogens is 3. The molecule has 0 saturated carbocycles. The van der Waals surface area contributed by atoms with Gasteiger partial charge in [-0.25, -0.2) is 13.6 Å². The van der Waals surface area contributed by atoms with Crippen molar-refractivity contribution in [3.8, 4) is 0 Å². The number of ether oxygens (including phenoxy) is 1. The van der Waals surface area contributed by atoms with Gasteiger partial charge >= 0.3 is 5.97 Å². The lowest BCUT2D eigenvalue weighted by Gasteiger charge is -2.10. The first kappa shape index (κ1) is 12.7. The first-order valence-corrected chi connectivity index (χ1v) is 4.90. The van der Waals surface area contributed by atoms with E-state index in [2.05, 4.69) is 0 Å². The molecule has 0 aliphatic carbocycles. The Labute approximate surface area is 96.1 Å². The highest BCUT2D eigenvalue weighted by molar-refractivity contribution is 6.34. The second-order valence-corrected chi connectivity index (χ2v) is 3.33. The smallest absolute Gasteiger partial charge is 0.340 e. The van der Waals surface area contributed by atoms with Gasteiger partial charge in [-0.2, -0.15) is 0 Å². The maximum Gasteiger partial charge on any atom is 0.340 e. The van der Waals surface area contributed by atoms with Crippen LogP contribution in [0.15, 0.2) is 12.1 Å². The Bertz CT molecular complexity index is 410. The number of alkyl halides is 2. The molecule has 3 nitrogen and oxygen atoms in total. The number of hydrogen-bond acceptors (Lipinski definition) is 3. The minimum Gasteiger partial charge on any atom is -0.462 e. The van der Waals surface area contributed by atoms with Crippen LogP contribution in [-0.4, -0.2) is 12.6 Å². The zero-order chi connectivity index (χ0) is 12.3. The number of carbonyl (C=O) groups excluding carboxylic acids is 1. The fourth-order valence-electron chi connectivity index (χ4n) is 1.17. The minimum absolute atomic E-state index is 0.00347. The lowest BCUT2D eigenvalue weighted by atomic mass is 10.1. The summed E-state index contributed by atoms with van der Waals surface area (Å²) in [5.41, 5.74) is 4.90. The topological polar surface area (TPSA) is 52.3 Å². The van der Waals surface area contributed by atoms with Crippen molar-refractivity contribution in [2.75, 3.05) is 12.3 Å². The normalized spacial score (nSPS) is 10.6. The van der Waals surface area contributed by atoms with Gasteiger partial charge in [-0.05, 0) is 13.0 Å². The van der Waals surface area contributed by atoms with Crippen molar-refractivity contribution in [1.29, 1.82) is 0 Å². The van der Waals surface area contributed by atoms with E-state index in [-0.39, 0.29) is 22.9 Å². The van der Waals surface area contributed by atoms with Gasteiger partial charge in [-0.1, -0.05) is 17.7 Å². The van der Waals surface area contributed by atoms with E-state index in [9.17, 15) is 13.6 Å². The first-order valence-electron chi connectivity index (χ1n) is 4.52. The van der Waals surface area contributed by atoms with Crippen molar-refractivity contribution in [3.05, 3.63) is 28.3 Å². The van der Waals surface area contributed by atoms with Crippen LogP contribution in [-0.2, 0) is 4.74 Å². The molecule has 0 aliphatic heterocycles. The Balaban J connectivity index is 3.16. The van der Waals surface area contributed by atoms with Crippen LogP contribution in [0.2, 0.25) is 5.02 Å². The Morgan fingerprint density at radius 1 is 1.56 bits per heavy atom. The molecule has 0 aliphatic rings. The SMILES string of the molecule is CCOC(=O)c1ccc(C(F)F)c(Cl)c1N. The summed E-state index contributed by atoms with van der Waals surface area (Å²) >= 11 is 5.62. The summed E-state index contributed by atoms with van der Waals surface area (Å²) in [4.78, 5) is 11.4. The van der Waals surface area contributed by atoms with Crippen molar-refractivity contribution >= 4 is 23.3 Å². The van der Waals surface area contributed by atoms with Crippen molar-refractivity contribution in [2.45, 2.75) is 13.3 Å². The van der Waals surface area contributed by atoms with Crippen LogP contribution in [0.3, 0.4) is 0 Å². The van der Waals surface area contributed by atoms with Gasteiger partial charge in [-0.3, -0.25) is 0 Å². The number of carbonyl (C=O) groups is 1. The van der Waals surface area contributed by atoms with Gasteiger partial charge < -0.3 is 10.5 Å². The zero-order valence-corrected chi connectivity index (χ0v) is 9.22. The number of anilines is 1. The quantitative estimate of drug-likeness (QED) is 0.662. The summed E-state index contributed by atoms with van der Waals surface area (Å²) in [6.45, 7) is 1.80. The van der Waals surface area contributed by atoms with Crippen LogP contribution >= 0.6 is 11.6 Å². The minimum atomic E-state index is -2.73. The molecule has 0 spiro atoms. The molecule has 0 radical (unpaired) electrons. The molecule has 0 fully saturated rings. The van der Waals surface area contributed by atoms with Crippen LogP contribution < -0.4 is 5.73 Å². The molecule has 0 amide bonds. The lowest BCUT2D eigenvalue weighted by molar-refractivity contribution is 0.0527. The molecule has 0 unspecified atom stereocenters. The van der Waals surface area contributed by atoms with E-state index >= 15 is 0 Å². The van der Waals surface area contributed by atoms with Gasteiger partial charge in [0.05, 0.1) is 22.9 Å². The highest BCUT2D eigenvalue weighted by atomic mass is 35.5. The van der Waals surface area contributed by atoms with E-state index in [0.29, 0.717) is 0 Å². The average molecular weight is 250 g/mol. The van der Waals surface area contributed by atoms with Gasteiger partial charge in [0.1, 0.15) is 0 Å². The van der Waals surface area contributed by atoms with E-state index in [1.54, 1.807) is 6.92 Å². The third-order valence-corrected chi connectivity index (χ3v) is 2.36. The molecular weight excluding hydrogens is 240 g/mol. The van der Waals surface area contributed by atoms with E-state index in [4.69, 9.17) is 22.1 Å². The highest BCUT2D eigenvalue weighted by Gasteiger charge is 2.19. The summed E-state index contributed by atoms with van der Waals surface area (Å²) in [6, 6.07) is 2.25. The molecular formula is C10H10ClF2NO2. The standard InChI is InChI=1S/C10H10ClF2NO2/c1-2-16-10(15)6-4-3-5(9(12)13)7(11)8(6)14/h3-4,9H,2,14H2,1H3. The van der Waals surface area contributed by atoms with E-state index in [1.807, 2.05) is 0 Å². The molecule has 88 valence electrons. The summed E-state index contributed by atoms with van der Waals surface area (Å²) in [7, 11) is 0. The van der Waals surface area contributed by atoms with Gasteiger partial charge in [0.25, 0.3) is 6.43 Å². The van der Waals surface area contributed by atoms with Crippen LogP contribution in [0, 0.1) is 0 Å². The fourth-order valence-corrected chi connectivity index (χ4v) is 1.41. The van der Waals surface area contributed by atoms with E-state index < -0.39 is 18.0 Å². The number of esters is 1. The number of benzene rings is 1. The molecule has 0 atom stereocenters. The average Bonchev–Trinajstić information content (AvgIpc) is 2.21. The van der Waals surface area contributed by atoms with Gasteiger partial charge in [-0.15, -0.1) is 0 Å². The molecule has 0 bridgehead atoms. The van der Waals surface area contributed by atoms with Gasteiger partial charge in [0, 0.05) is 5.56 Å². The Hall–Kier alpha value is -1.36. The van der Waals surface area contributed by atoms with Crippen LogP contribution in [0.5, 0.6) is 0 Å². The van der Waals surface area contributed by atoms with Crippen molar-refractivity contribution in [1.82, 2.24) is 0 Å². The predicted molar refractivity (Wildman–Crippen MR) is 56.8 cm³/mol. The van der Waals surface area contributed by atoms with Crippen LogP contribution in [0.1, 0.15) is 29.3 Å². The summed E-state index contributed by atoms with van der Waals surface area (Å²) < 4.78 is 29.6. The molecule has 1 rings (SSSR count). The molecule has 1 aromatic carbocycles. The van der Waals surface area contributed by atoms with Crippen molar-refractivity contribution < 1.29 is 18.3 Å². The van der Waals surface area contributed by atoms with Crippen LogP contribution in [0.25, 0.3) is 0 Å². The largest absolute Gasteiger partial charge is 0.462 e. The summed E-state index contributed by atoms with van der Waals surface area (Å²) in [5, 5.41) is -0.305. The Morgan fingerprint density at radius 2 is 2.19 bits per heavy atom.